The molecule has 3 nitrogen and oxygen atoms in total. The number of anilines is 1. The first kappa shape index (κ1) is 12.5. The Morgan fingerprint density at radius 3 is 2.78 bits per heavy atom. The lowest BCUT2D eigenvalue weighted by Crippen LogP contribution is -2.24. The number of carbonyl (C=O) groups excluding carboxylic acids is 1. The zero-order valence-electron chi connectivity index (χ0n) is 9.78. The first-order chi connectivity index (χ1) is 8.49. The molecule has 0 aliphatic heterocycles. The smallest absolute Gasteiger partial charge is 0.263 e. The van der Waals surface area contributed by atoms with Crippen LogP contribution in [0.3, 0.4) is 0 Å². The highest BCUT2D eigenvalue weighted by Crippen LogP contribution is 2.52. The number of nitrogens with zero attached hydrogens (tertiary/aromatic N) is 1. The number of alkyl halides is 2. The number of hydrogen-bond donors (Lipinski definition) is 1. The molecule has 1 fully saturated rings. The fraction of sp³-hybridized carbons (Fsp3) is 0.385. The Hall–Kier alpha value is -1.96. The first-order valence-electron chi connectivity index (χ1n) is 5.60. The first-order valence-corrected chi connectivity index (χ1v) is 5.60. The third kappa shape index (κ3) is 2.06. The van der Waals surface area contributed by atoms with Crippen molar-refractivity contribution in [2.45, 2.75) is 19.8 Å². The number of benzene rings is 1. The molecule has 2 atom stereocenters. The molecule has 94 valence electrons. The highest BCUT2D eigenvalue weighted by molar-refractivity contribution is 5.99. The van der Waals surface area contributed by atoms with E-state index in [-0.39, 0.29) is 11.5 Å². The number of amides is 1. The van der Waals surface area contributed by atoms with E-state index in [0.717, 1.165) is 0 Å². The van der Waals surface area contributed by atoms with Crippen LogP contribution in [0.15, 0.2) is 24.3 Å². The molecule has 1 saturated carbocycles. The molecule has 2 unspecified atom stereocenters. The molecule has 1 aliphatic rings. The van der Waals surface area contributed by atoms with Gasteiger partial charge in [0.2, 0.25) is 5.91 Å². The Balaban J connectivity index is 2.13. The van der Waals surface area contributed by atoms with E-state index in [2.05, 4.69) is 5.32 Å². The molecule has 0 radical (unpaired) electrons. The Kier molecular flexibility index (Phi) is 3.04. The van der Waals surface area contributed by atoms with Crippen LogP contribution in [0, 0.1) is 22.7 Å². The summed E-state index contributed by atoms with van der Waals surface area (Å²) in [5.74, 6) is -0.398. The monoisotopic (exact) mass is 250 g/mol. The number of nitrogens with one attached hydrogen (secondary N) is 1. The summed E-state index contributed by atoms with van der Waals surface area (Å²) in [6.45, 7) is 1.82. The fourth-order valence-electron chi connectivity index (χ4n) is 1.94. The average molecular weight is 250 g/mol. The lowest BCUT2D eigenvalue weighted by atomic mass is 10.1. The number of nitriles is 1. The van der Waals surface area contributed by atoms with Gasteiger partial charge in [-0.1, -0.05) is 19.1 Å². The number of carbonyl (C=O) groups is 1. The lowest BCUT2D eigenvalue weighted by molar-refractivity contribution is -0.119. The van der Waals surface area contributed by atoms with Crippen molar-refractivity contribution in [2.75, 3.05) is 5.32 Å². The average Bonchev–Trinajstić information content (AvgIpc) is 3.02. The highest BCUT2D eigenvalue weighted by atomic mass is 19.3. The summed E-state index contributed by atoms with van der Waals surface area (Å²) in [6.07, 6.45) is -2.06. The van der Waals surface area contributed by atoms with Crippen LogP contribution in [0.4, 0.5) is 14.5 Å². The SMILES string of the molecule is CC1CC1(C#N)C(=O)Nc1cccc(C(F)F)c1. The van der Waals surface area contributed by atoms with Gasteiger partial charge < -0.3 is 5.32 Å². The molecule has 0 aromatic heterocycles. The molecule has 0 heterocycles. The van der Waals surface area contributed by atoms with Crippen molar-refractivity contribution in [1.82, 2.24) is 0 Å². The van der Waals surface area contributed by atoms with Crippen molar-refractivity contribution in [3.63, 3.8) is 0 Å². The van der Waals surface area contributed by atoms with E-state index in [1.54, 1.807) is 0 Å². The van der Waals surface area contributed by atoms with E-state index < -0.39 is 17.7 Å². The maximum absolute atomic E-state index is 12.5. The molecular formula is C13H12F2N2O. The minimum absolute atomic E-state index is 0.0146. The van der Waals surface area contributed by atoms with Gasteiger partial charge in [0.05, 0.1) is 6.07 Å². The fourth-order valence-corrected chi connectivity index (χ4v) is 1.94. The van der Waals surface area contributed by atoms with Crippen LogP contribution in [-0.2, 0) is 4.79 Å². The minimum atomic E-state index is -2.58. The maximum Gasteiger partial charge on any atom is 0.263 e. The Bertz CT molecular complexity index is 524. The molecule has 2 rings (SSSR count). The summed E-state index contributed by atoms with van der Waals surface area (Å²) < 4.78 is 25.0. The molecule has 0 saturated heterocycles. The van der Waals surface area contributed by atoms with Gasteiger partial charge in [-0.3, -0.25) is 4.79 Å². The van der Waals surface area contributed by atoms with E-state index in [4.69, 9.17) is 5.26 Å². The largest absolute Gasteiger partial charge is 0.325 e. The molecule has 0 spiro atoms. The second-order valence-electron chi connectivity index (χ2n) is 4.57. The second-order valence-corrected chi connectivity index (χ2v) is 4.57. The predicted octanol–water partition coefficient (Wildman–Crippen LogP) is 3.11. The lowest BCUT2D eigenvalue weighted by Gasteiger charge is -2.10. The standard InChI is InChI=1S/C13H12F2N2O/c1-8-6-13(8,7-16)12(18)17-10-4-2-3-9(5-10)11(14)15/h2-5,8,11H,6H2,1H3,(H,17,18). The third-order valence-electron chi connectivity index (χ3n) is 3.31. The zero-order chi connectivity index (χ0) is 13.3. The Morgan fingerprint density at radius 1 is 1.61 bits per heavy atom. The molecule has 18 heavy (non-hydrogen) atoms. The number of halogens is 2. The maximum atomic E-state index is 12.5. The van der Waals surface area contributed by atoms with E-state index in [0.29, 0.717) is 12.1 Å². The molecular weight excluding hydrogens is 238 g/mol. The van der Waals surface area contributed by atoms with Gasteiger partial charge in [0.25, 0.3) is 6.43 Å². The van der Waals surface area contributed by atoms with E-state index in [1.165, 1.54) is 24.3 Å². The second kappa shape index (κ2) is 4.37. The molecule has 1 aromatic rings. The summed E-state index contributed by atoms with van der Waals surface area (Å²) in [7, 11) is 0. The topological polar surface area (TPSA) is 52.9 Å². The van der Waals surface area contributed by atoms with Gasteiger partial charge in [-0.25, -0.2) is 8.78 Å². The molecule has 1 amide bonds. The molecule has 1 aliphatic carbocycles. The van der Waals surface area contributed by atoms with Crippen molar-refractivity contribution < 1.29 is 13.6 Å². The van der Waals surface area contributed by atoms with Gasteiger partial charge in [0.1, 0.15) is 5.41 Å². The van der Waals surface area contributed by atoms with Gasteiger partial charge in [-0.15, -0.1) is 0 Å². The van der Waals surface area contributed by atoms with E-state index >= 15 is 0 Å². The zero-order valence-corrected chi connectivity index (χ0v) is 9.78. The number of rotatable bonds is 3. The number of hydrogen-bond acceptors (Lipinski definition) is 2. The van der Waals surface area contributed by atoms with Gasteiger partial charge in [0, 0.05) is 11.3 Å². The van der Waals surface area contributed by atoms with Crippen LogP contribution in [0.25, 0.3) is 0 Å². The summed E-state index contributed by atoms with van der Waals surface area (Å²) >= 11 is 0. The van der Waals surface area contributed by atoms with Crippen LogP contribution in [-0.4, -0.2) is 5.91 Å². The third-order valence-corrected chi connectivity index (χ3v) is 3.31. The van der Waals surface area contributed by atoms with Crippen molar-refractivity contribution in [3.8, 4) is 6.07 Å². The van der Waals surface area contributed by atoms with Crippen LogP contribution in [0.5, 0.6) is 0 Å². The molecule has 1 aromatic carbocycles. The summed E-state index contributed by atoms with van der Waals surface area (Å²) in [6, 6.07) is 7.49. The summed E-state index contributed by atoms with van der Waals surface area (Å²) in [5.41, 5.74) is -0.838. The van der Waals surface area contributed by atoms with Gasteiger partial charge in [-0.2, -0.15) is 5.26 Å². The van der Waals surface area contributed by atoms with Crippen molar-refractivity contribution in [2.24, 2.45) is 11.3 Å². The quantitative estimate of drug-likeness (QED) is 0.896. The molecule has 5 heteroatoms. The normalized spacial score (nSPS) is 25.6. The predicted molar refractivity (Wildman–Crippen MR) is 61.9 cm³/mol. The van der Waals surface area contributed by atoms with Crippen molar-refractivity contribution in [1.29, 1.82) is 5.26 Å². The Labute approximate surface area is 103 Å². The van der Waals surface area contributed by atoms with Crippen LogP contribution >= 0.6 is 0 Å². The van der Waals surface area contributed by atoms with Crippen LogP contribution < -0.4 is 5.32 Å². The summed E-state index contributed by atoms with van der Waals surface area (Å²) in [5, 5.41) is 11.5. The van der Waals surface area contributed by atoms with Crippen LogP contribution in [0.2, 0.25) is 0 Å². The van der Waals surface area contributed by atoms with E-state index in [9.17, 15) is 13.6 Å². The summed E-state index contributed by atoms with van der Waals surface area (Å²) in [4.78, 5) is 11.9. The minimum Gasteiger partial charge on any atom is -0.325 e. The van der Waals surface area contributed by atoms with Crippen molar-refractivity contribution in [3.05, 3.63) is 29.8 Å². The molecule has 1 N–H and O–H groups in total. The van der Waals surface area contributed by atoms with E-state index in [1.807, 2.05) is 13.0 Å². The van der Waals surface area contributed by atoms with Gasteiger partial charge in [-0.05, 0) is 24.5 Å². The van der Waals surface area contributed by atoms with Gasteiger partial charge >= 0.3 is 0 Å². The highest BCUT2D eigenvalue weighted by Gasteiger charge is 2.58. The Morgan fingerprint density at radius 2 is 2.28 bits per heavy atom. The van der Waals surface area contributed by atoms with Crippen LogP contribution in [0.1, 0.15) is 25.3 Å². The van der Waals surface area contributed by atoms with Gasteiger partial charge in [0.15, 0.2) is 0 Å². The van der Waals surface area contributed by atoms with Crippen molar-refractivity contribution >= 4 is 11.6 Å². The molecule has 0 bridgehead atoms.